The van der Waals surface area contributed by atoms with Gasteiger partial charge in [0, 0.05) is 31.6 Å². The van der Waals surface area contributed by atoms with Crippen molar-refractivity contribution < 1.29 is 56.0 Å². The van der Waals surface area contributed by atoms with Crippen LogP contribution in [-0.4, -0.2) is 71.5 Å². The Balaban J connectivity index is 0.000000458. The van der Waals surface area contributed by atoms with E-state index in [4.69, 9.17) is 21.1 Å². The van der Waals surface area contributed by atoms with Crippen molar-refractivity contribution in [3.05, 3.63) is 46.8 Å². The van der Waals surface area contributed by atoms with Gasteiger partial charge in [0.25, 0.3) is 0 Å². The van der Waals surface area contributed by atoms with Crippen LogP contribution in [-0.2, 0) is 40.1 Å². The molecule has 2 aromatic rings. The number of carboxylic acids is 2. The van der Waals surface area contributed by atoms with Crippen LogP contribution in [0.1, 0.15) is 30.1 Å². The van der Waals surface area contributed by atoms with Crippen LogP contribution in [0.4, 0.5) is 26.3 Å². The maximum atomic E-state index is 13.7. The largest absolute Gasteiger partial charge is 0.481 e. The highest BCUT2D eigenvalue weighted by molar-refractivity contribution is 5.79. The number of carboxylic acid groups (broad SMARTS) is 2. The second kappa shape index (κ2) is 12.0. The van der Waals surface area contributed by atoms with Crippen LogP contribution in [0.5, 0.6) is 0 Å². The monoisotopic (exact) mass is 541 g/mol. The summed E-state index contributed by atoms with van der Waals surface area (Å²) in [6, 6.07) is 0.184. The van der Waals surface area contributed by atoms with E-state index < -0.39 is 65.9 Å². The molecule has 1 aromatic heterocycles. The number of alkyl halides is 3. The van der Waals surface area contributed by atoms with E-state index in [1.807, 2.05) is 0 Å². The maximum Gasteiger partial charge on any atom is 0.451 e. The minimum atomic E-state index is -4.64. The normalized spacial score (nSPS) is 14.8. The smallest absolute Gasteiger partial charge is 0.451 e. The third kappa shape index (κ3) is 8.14. The topological polar surface area (TPSA) is 172 Å². The highest BCUT2D eigenvalue weighted by Gasteiger charge is 2.40. The van der Waals surface area contributed by atoms with Gasteiger partial charge in [0.2, 0.25) is 11.7 Å². The fourth-order valence-electron chi connectivity index (χ4n) is 3.26. The predicted octanol–water partition coefficient (Wildman–Crippen LogP) is 0.923. The quantitative estimate of drug-likeness (QED) is 0.294. The number of aliphatic carboxylic acids is 2. The van der Waals surface area contributed by atoms with Gasteiger partial charge in [-0.2, -0.15) is 13.2 Å². The molecule has 5 N–H and O–H groups in total. The van der Waals surface area contributed by atoms with Crippen LogP contribution in [0.2, 0.25) is 0 Å². The van der Waals surface area contributed by atoms with Gasteiger partial charge >= 0.3 is 18.1 Å². The summed E-state index contributed by atoms with van der Waals surface area (Å²) in [5.41, 5.74) is 5.64. The zero-order chi connectivity index (χ0) is 28.1. The molecule has 1 amide bonds. The molecule has 1 aromatic carbocycles. The molecular formula is C20H21F6N5O6. The Kier molecular flexibility index (Phi) is 9.57. The first kappa shape index (κ1) is 29.5. The lowest BCUT2D eigenvalue weighted by molar-refractivity contribution is -0.152. The molecule has 2 atom stereocenters. The van der Waals surface area contributed by atoms with Gasteiger partial charge in [-0.25, -0.2) is 18.0 Å². The predicted molar refractivity (Wildman–Crippen MR) is 109 cm³/mol. The molecule has 0 saturated heterocycles. The summed E-state index contributed by atoms with van der Waals surface area (Å²) in [6.45, 7) is -0.302. The van der Waals surface area contributed by atoms with E-state index in [2.05, 4.69) is 10.2 Å². The molecule has 1 aliphatic rings. The van der Waals surface area contributed by atoms with Gasteiger partial charge in [-0.05, 0) is 18.1 Å². The number of nitrogens with zero attached hydrogens (tertiary/aromatic N) is 4. The summed E-state index contributed by atoms with van der Waals surface area (Å²) in [6.07, 6.45) is -7.65. The van der Waals surface area contributed by atoms with Gasteiger partial charge in [0.05, 0.1) is 13.0 Å². The Morgan fingerprint density at radius 2 is 1.62 bits per heavy atom. The first-order chi connectivity index (χ1) is 17.1. The van der Waals surface area contributed by atoms with Crippen molar-refractivity contribution in [2.24, 2.45) is 5.73 Å². The Morgan fingerprint density at radius 1 is 1.00 bits per heavy atom. The molecule has 1 unspecified atom stereocenters. The maximum absolute atomic E-state index is 13.7. The molecule has 3 rings (SSSR count). The molecule has 37 heavy (non-hydrogen) atoms. The van der Waals surface area contributed by atoms with Crippen LogP contribution in [0, 0.1) is 17.5 Å². The summed E-state index contributed by atoms with van der Waals surface area (Å²) >= 11 is 0. The number of hydrogen-bond donors (Lipinski definition) is 4. The molecule has 1 aliphatic heterocycles. The van der Waals surface area contributed by atoms with Gasteiger partial charge in [-0.3, -0.25) is 9.59 Å². The third-order valence-corrected chi connectivity index (χ3v) is 5.02. The number of fused-ring (bicyclic) bond motifs is 1. The van der Waals surface area contributed by atoms with Crippen molar-refractivity contribution in [2.75, 3.05) is 6.54 Å². The molecule has 11 nitrogen and oxygen atoms in total. The lowest BCUT2D eigenvalue weighted by Gasteiger charge is -2.29. The van der Waals surface area contributed by atoms with E-state index in [-0.39, 0.29) is 43.9 Å². The van der Waals surface area contributed by atoms with Crippen LogP contribution >= 0.6 is 0 Å². The highest BCUT2D eigenvalue weighted by Crippen LogP contribution is 2.29. The number of amides is 1. The first-order valence-corrected chi connectivity index (χ1v) is 10.4. The Labute approximate surface area is 204 Å². The molecule has 0 radical (unpaired) electrons. The molecule has 17 heteroatoms. The van der Waals surface area contributed by atoms with E-state index in [1.54, 1.807) is 0 Å². The Bertz CT molecular complexity index is 1160. The Hall–Kier alpha value is -3.73. The molecular weight excluding hydrogens is 520 g/mol. The summed E-state index contributed by atoms with van der Waals surface area (Å²) in [5, 5.41) is 30.7. The zero-order valence-electron chi connectivity index (χ0n) is 18.8. The lowest BCUT2D eigenvalue weighted by Crippen LogP contribution is -2.42. The van der Waals surface area contributed by atoms with Crippen molar-refractivity contribution in [3.8, 4) is 0 Å². The van der Waals surface area contributed by atoms with Gasteiger partial charge in [0.15, 0.2) is 23.6 Å². The van der Waals surface area contributed by atoms with Crippen LogP contribution in [0.25, 0.3) is 0 Å². The van der Waals surface area contributed by atoms with Gasteiger partial charge < -0.3 is 30.5 Å². The molecule has 0 fully saturated rings. The van der Waals surface area contributed by atoms with Crippen molar-refractivity contribution in [1.29, 1.82) is 0 Å². The van der Waals surface area contributed by atoms with E-state index >= 15 is 0 Å². The number of aliphatic hydroxyl groups excluding tert-OH is 1. The van der Waals surface area contributed by atoms with Crippen molar-refractivity contribution in [3.63, 3.8) is 0 Å². The summed E-state index contributed by atoms with van der Waals surface area (Å²) < 4.78 is 79.3. The number of aliphatic hydroxyl groups is 1. The summed E-state index contributed by atoms with van der Waals surface area (Å²) in [7, 11) is 0. The van der Waals surface area contributed by atoms with Crippen molar-refractivity contribution >= 4 is 17.8 Å². The number of rotatable bonds is 7. The number of halogens is 6. The number of benzene rings is 1. The Morgan fingerprint density at radius 3 is 2.16 bits per heavy atom. The fourth-order valence-corrected chi connectivity index (χ4v) is 3.26. The molecule has 0 aliphatic carbocycles. The van der Waals surface area contributed by atoms with E-state index in [9.17, 15) is 40.7 Å². The van der Waals surface area contributed by atoms with Crippen LogP contribution in [0.15, 0.2) is 12.1 Å². The lowest BCUT2D eigenvalue weighted by atomic mass is 10.0. The minimum Gasteiger partial charge on any atom is -0.481 e. The number of hydrogen-bond acceptors (Lipinski definition) is 7. The SMILES string of the molecule is N[C@@H](CC(=O)N1CCn2c(nnc2C(F)(F)F)C1)Cc1cc(F)c(F)cc1F.O=C(O)CC(O)C(=O)O. The van der Waals surface area contributed by atoms with Crippen molar-refractivity contribution in [1.82, 2.24) is 19.7 Å². The number of nitrogens with two attached hydrogens (primary N) is 1. The summed E-state index contributed by atoms with van der Waals surface area (Å²) in [4.78, 5) is 33.0. The molecule has 204 valence electrons. The van der Waals surface area contributed by atoms with Gasteiger partial charge in [-0.15, -0.1) is 10.2 Å². The number of carbonyl (C=O) groups is 3. The van der Waals surface area contributed by atoms with E-state index in [0.717, 1.165) is 4.57 Å². The summed E-state index contributed by atoms with van der Waals surface area (Å²) in [5.74, 6) is -7.99. The van der Waals surface area contributed by atoms with Gasteiger partial charge in [-0.1, -0.05) is 0 Å². The molecule has 0 spiro atoms. The molecule has 2 heterocycles. The fraction of sp³-hybridized carbons (Fsp3) is 0.450. The van der Waals surface area contributed by atoms with E-state index in [0.29, 0.717) is 12.1 Å². The molecule has 0 saturated carbocycles. The zero-order valence-corrected chi connectivity index (χ0v) is 18.8. The number of aromatic nitrogens is 3. The van der Waals surface area contributed by atoms with Gasteiger partial charge in [0.1, 0.15) is 5.82 Å². The van der Waals surface area contributed by atoms with Crippen molar-refractivity contribution in [2.45, 2.75) is 50.7 Å². The average molecular weight is 541 g/mol. The average Bonchev–Trinajstić information content (AvgIpc) is 3.21. The highest BCUT2D eigenvalue weighted by atomic mass is 19.4. The number of carbonyl (C=O) groups excluding carboxylic acids is 1. The second-order valence-electron chi connectivity index (χ2n) is 7.88. The second-order valence-corrected chi connectivity index (χ2v) is 7.88. The molecule has 0 bridgehead atoms. The third-order valence-electron chi connectivity index (χ3n) is 5.02. The van der Waals surface area contributed by atoms with E-state index in [1.165, 1.54) is 4.90 Å². The minimum absolute atomic E-state index is 0.000783. The standard InChI is InChI=1S/C16H15F6N5O.C4H6O5/c17-10-6-12(19)11(18)4-8(10)3-9(23)5-14(28)26-1-2-27-13(7-26)24-25-15(27)16(20,21)22;5-2(4(8)9)1-3(6)7/h4,6,9H,1-3,5,7,23H2;2,5H,1H2,(H,6,7)(H,8,9)/t9-;/m1./s1. The van der Waals surface area contributed by atoms with Crippen LogP contribution in [0.3, 0.4) is 0 Å². The first-order valence-electron chi connectivity index (χ1n) is 10.4. The van der Waals surface area contributed by atoms with Crippen LogP contribution < -0.4 is 5.73 Å².